The molecule has 0 aromatic heterocycles. The standard InChI is InChI=1S/C24H29ClN2O5S.C20H23ClN2O4S.ClH/c1-32-24(29)18-7-5-17(6-8-18)16-27(20-4-2-3-19(25)13-20)33(30,31)23-9-11-26(12-10-23)21-14-22(28)15-21;1-27-20(24)16-7-5-15(6-8-16)14-23(18-4-2-3-17(21)13-18)28(25,26)19-9-11-22-12-10-19;/h2-8,13,21-23,28H,9-12,14-16H2,1H3;2-8,13,19,22H,9-12,14H2,1H3;1H. The van der Waals surface area contributed by atoms with Gasteiger partial charge in [-0.25, -0.2) is 26.4 Å². The number of nitrogens with zero attached hydrogens (tertiary/aromatic N) is 3. The molecule has 62 heavy (non-hydrogen) atoms. The SMILES string of the molecule is COC(=O)c1ccc(CN(c2cccc(Cl)c2)S(=O)(=O)C2CCN(C3CC(O)C3)CC2)cc1.COC(=O)c1ccc(CN(c2cccc(Cl)c2)S(=O)(=O)C2CCNCC2)cc1.Cl. The number of halogens is 3. The number of piperidine rings is 2. The molecule has 2 saturated heterocycles. The molecule has 2 heterocycles. The molecule has 4 aromatic carbocycles. The van der Waals surface area contributed by atoms with Gasteiger partial charge in [0.05, 0.1) is 66.4 Å². The topological polar surface area (TPSA) is 163 Å². The number of carbonyl (C=O) groups excluding carboxylic acids is 2. The molecule has 0 radical (unpaired) electrons. The predicted octanol–water partition coefficient (Wildman–Crippen LogP) is 7.09. The van der Waals surface area contributed by atoms with Crippen molar-refractivity contribution in [2.75, 3.05) is 49.0 Å². The molecule has 2 N–H and O–H groups in total. The van der Waals surface area contributed by atoms with Crippen LogP contribution in [0.4, 0.5) is 11.4 Å². The van der Waals surface area contributed by atoms with Crippen LogP contribution in [-0.4, -0.2) is 102 Å². The highest BCUT2D eigenvalue weighted by atomic mass is 35.5. The van der Waals surface area contributed by atoms with Crippen LogP contribution in [-0.2, 0) is 42.6 Å². The lowest BCUT2D eigenvalue weighted by Crippen LogP contribution is -2.52. The quantitative estimate of drug-likeness (QED) is 0.132. The Morgan fingerprint density at radius 2 is 1.08 bits per heavy atom. The number of methoxy groups -OCH3 is 2. The summed E-state index contributed by atoms with van der Waals surface area (Å²) in [4.78, 5) is 25.7. The summed E-state index contributed by atoms with van der Waals surface area (Å²) in [6.45, 7) is 3.08. The number of hydrogen-bond acceptors (Lipinski definition) is 11. The van der Waals surface area contributed by atoms with Crippen LogP contribution in [0.3, 0.4) is 0 Å². The summed E-state index contributed by atoms with van der Waals surface area (Å²) in [5, 5.41) is 12.8. The number of ether oxygens (including phenoxy) is 2. The summed E-state index contributed by atoms with van der Waals surface area (Å²) < 4.78 is 66.7. The van der Waals surface area contributed by atoms with Crippen LogP contribution in [0.1, 0.15) is 70.4 Å². The molecular weight excluding hydrogens is 899 g/mol. The Morgan fingerprint density at radius 1 is 0.677 bits per heavy atom. The number of nitrogens with one attached hydrogen (secondary N) is 1. The molecule has 0 amide bonds. The minimum absolute atomic E-state index is 0. The Morgan fingerprint density at radius 3 is 1.45 bits per heavy atom. The number of benzene rings is 4. The zero-order chi connectivity index (χ0) is 43.7. The first-order valence-electron chi connectivity index (χ1n) is 20.2. The maximum absolute atomic E-state index is 13.8. The van der Waals surface area contributed by atoms with Crippen LogP contribution in [0.2, 0.25) is 10.0 Å². The van der Waals surface area contributed by atoms with Crippen molar-refractivity contribution in [1.82, 2.24) is 10.2 Å². The molecule has 3 fully saturated rings. The van der Waals surface area contributed by atoms with E-state index in [2.05, 4.69) is 10.2 Å². The lowest BCUT2D eigenvalue weighted by molar-refractivity contribution is -0.00511. The van der Waals surface area contributed by atoms with Gasteiger partial charge in [0.25, 0.3) is 0 Å². The van der Waals surface area contributed by atoms with Crippen molar-refractivity contribution in [2.24, 2.45) is 0 Å². The number of aliphatic hydroxyl groups is 1. The summed E-state index contributed by atoms with van der Waals surface area (Å²) >= 11 is 12.3. The highest BCUT2D eigenvalue weighted by molar-refractivity contribution is 7.93. The molecule has 0 spiro atoms. The van der Waals surface area contributed by atoms with Crippen LogP contribution in [0.25, 0.3) is 0 Å². The number of likely N-dealkylation sites (tertiary alicyclic amines) is 1. The Hall–Kier alpha value is -3.93. The van der Waals surface area contributed by atoms with Gasteiger partial charge >= 0.3 is 11.9 Å². The summed E-state index contributed by atoms with van der Waals surface area (Å²) in [5.41, 5.74) is 3.40. The number of anilines is 2. The molecule has 336 valence electrons. The van der Waals surface area contributed by atoms with Crippen molar-refractivity contribution in [1.29, 1.82) is 0 Å². The average Bonchev–Trinajstić information content (AvgIpc) is 3.26. The van der Waals surface area contributed by atoms with E-state index in [-0.39, 0.29) is 31.6 Å². The first-order valence-corrected chi connectivity index (χ1v) is 24.0. The number of rotatable bonds is 13. The predicted molar refractivity (Wildman–Crippen MR) is 245 cm³/mol. The van der Waals surface area contributed by atoms with Crippen LogP contribution >= 0.6 is 35.6 Å². The third kappa shape index (κ3) is 12.2. The van der Waals surface area contributed by atoms with Crippen LogP contribution in [0.5, 0.6) is 0 Å². The van der Waals surface area contributed by atoms with Gasteiger partial charge in [0, 0.05) is 16.1 Å². The van der Waals surface area contributed by atoms with Crippen molar-refractivity contribution in [3.63, 3.8) is 0 Å². The molecule has 1 aliphatic carbocycles. The summed E-state index contributed by atoms with van der Waals surface area (Å²) in [7, 11) is -4.60. The molecule has 0 atom stereocenters. The maximum Gasteiger partial charge on any atom is 0.337 e. The van der Waals surface area contributed by atoms with Gasteiger partial charge in [0.2, 0.25) is 20.0 Å². The molecule has 2 aliphatic heterocycles. The molecule has 13 nitrogen and oxygen atoms in total. The van der Waals surface area contributed by atoms with Crippen molar-refractivity contribution in [3.05, 3.63) is 129 Å². The second kappa shape index (κ2) is 22.1. The molecule has 0 bridgehead atoms. The second-order valence-corrected chi connectivity index (χ2v) is 20.6. The van der Waals surface area contributed by atoms with Gasteiger partial charge in [0.1, 0.15) is 0 Å². The smallest absolute Gasteiger partial charge is 0.337 e. The van der Waals surface area contributed by atoms with Crippen LogP contribution < -0.4 is 13.9 Å². The number of carbonyl (C=O) groups is 2. The molecule has 3 aliphatic rings. The highest BCUT2D eigenvalue weighted by Gasteiger charge is 2.40. The van der Waals surface area contributed by atoms with E-state index in [1.165, 1.54) is 22.8 Å². The number of hydrogen-bond donors (Lipinski definition) is 2. The lowest BCUT2D eigenvalue weighted by Gasteiger charge is -2.44. The molecule has 4 aromatic rings. The van der Waals surface area contributed by atoms with E-state index in [0.717, 1.165) is 24.0 Å². The fourth-order valence-electron chi connectivity index (χ4n) is 7.83. The number of esters is 2. The van der Waals surface area contributed by atoms with Crippen molar-refractivity contribution >= 4 is 79.0 Å². The fourth-order valence-corrected chi connectivity index (χ4v) is 12.0. The fraction of sp³-hybridized carbons (Fsp3) is 0.409. The average molecular weight is 952 g/mol. The van der Waals surface area contributed by atoms with Crippen LogP contribution in [0.15, 0.2) is 97.1 Å². The Balaban J connectivity index is 0.000000234. The largest absolute Gasteiger partial charge is 0.465 e. The Labute approximate surface area is 380 Å². The molecule has 7 rings (SSSR count). The third-order valence-electron chi connectivity index (χ3n) is 11.4. The van der Waals surface area contributed by atoms with Gasteiger partial charge in [-0.15, -0.1) is 12.4 Å². The first-order chi connectivity index (χ1) is 29.2. The van der Waals surface area contributed by atoms with Gasteiger partial charge < -0.3 is 24.8 Å². The van der Waals surface area contributed by atoms with E-state index >= 15 is 0 Å². The van der Waals surface area contributed by atoms with E-state index in [4.69, 9.17) is 32.7 Å². The van der Waals surface area contributed by atoms with Crippen molar-refractivity contribution in [2.45, 2.75) is 74.3 Å². The Bertz CT molecular complexity index is 2340. The molecular formula is C44H53Cl3N4O9S2. The maximum atomic E-state index is 13.8. The third-order valence-corrected chi connectivity index (χ3v) is 16.4. The normalized spacial score (nSPS) is 18.5. The van der Waals surface area contributed by atoms with Gasteiger partial charge in [-0.1, -0.05) is 59.6 Å². The van der Waals surface area contributed by atoms with Gasteiger partial charge in [0.15, 0.2) is 0 Å². The van der Waals surface area contributed by atoms with Crippen molar-refractivity contribution < 1.29 is 41.0 Å². The summed E-state index contributed by atoms with van der Waals surface area (Å²) in [6.07, 6.45) is 3.56. The number of sulfonamides is 2. The van der Waals surface area contributed by atoms with E-state index in [0.29, 0.717) is 90.5 Å². The zero-order valence-electron chi connectivity index (χ0n) is 34.6. The molecule has 1 saturated carbocycles. The highest BCUT2D eigenvalue weighted by Crippen LogP contribution is 2.34. The monoisotopic (exact) mass is 950 g/mol. The van der Waals surface area contributed by atoms with Gasteiger partial charge in [-0.2, -0.15) is 0 Å². The van der Waals surface area contributed by atoms with Gasteiger partial charge in [-0.05, 0) is 136 Å². The summed E-state index contributed by atoms with van der Waals surface area (Å²) in [5.74, 6) is -0.868. The Kier molecular flexibility index (Phi) is 17.5. The second-order valence-electron chi connectivity index (χ2n) is 15.4. The van der Waals surface area contributed by atoms with E-state index in [1.807, 2.05) is 0 Å². The minimum atomic E-state index is -3.66. The van der Waals surface area contributed by atoms with Crippen molar-refractivity contribution in [3.8, 4) is 0 Å². The van der Waals surface area contributed by atoms with Gasteiger partial charge in [-0.3, -0.25) is 8.61 Å². The van der Waals surface area contributed by atoms with E-state index < -0.39 is 42.5 Å². The van der Waals surface area contributed by atoms with E-state index in [9.17, 15) is 31.5 Å². The summed E-state index contributed by atoms with van der Waals surface area (Å²) in [6, 6.07) is 27.6. The first kappa shape index (κ1) is 49.1. The number of aliphatic hydroxyl groups excluding tert-OH is 1. The van der Waals surface area contributed by atoms with Crippen LogP contribution in [0, 0.1) is 0 Å². The lowest BCUT2D eigenvalue weighted by atomic mass is 9.87. The molecule has 0 unspecified atom stereocenters. The minimum Gasteiger partial charge on any atom is -0.465 e. The van der Waals surface area contributed by atoms with E-state index in [1.54, 1.807) is 97.1 Å². The molecule has 18 heteroatoms. The zero-order valence-corrected chi connectivity index (χ0v) is 38.5.